The SMILES string of the molecule is CC(C)(C)c1ccc(N2C(=O)c3ccc4c5ccc6c7c(cc(Br)c(c8ccc(c3c48)C2=O)c75)C(=O)N(c2ccc(C(C)(C)C)cc2)C6=O)cc1.CCC[CH2][Sn]([CH2]CCC)[CH2]CCC.CCC[CH2][Sn]([CH2]CCC)[CH2]CCC.CCC[CH2][Sn]1([CH2]CCC)[c]2cc3c4c(ccc5c6ccc7c8c(c[c]1c(c2c45)c86)C(=O)N(c1ccc(C(C)(C)C)cc1)C7=O)C(=O)N(c1ccc(C(C)(C)C)cc1)C3=O.[B]B([B])B(B([B])[B])B(B([B])[B])B([B])[B]. The number of hydrogen-bond acceptors (Lipinski definition) is 8. The number of anilines is 4. The summed E-state index contributed by atoms with van der Waals surface area (Å²) in [5.41, 5.74) is 10.4. The van der Waals surface area contributed by atoms with E-state index in [9.17, 15) is 28.8 Å². The van der Waals surface area contributed by atoms with Gasteiger partial charge in [-0.2, -0.15) is 0 Å². The van der Waals surface area contributed by atoms with E-state index >= 15 is 9.59 Å². The summed E-state index contributed by atoms with van der Waals surface area (Å²) in [6.45, 7) is 44.1. The second-order valence-electron chi connectivity index (χ2n) is 46.6. The van der Waals surface area contributed by atoms with E-state index in [-0.39, 0.29) is 68.9 Å². The summed E-state index contributed by atoms with van der Waals surface area (Å²) in [6, 6.07) is 56.1. The number of amides is 8. The first-order valence-electron chi connectivity index (χ1n) is 55.1. The molecule has 0 saturated heterocycles. The fourth-order valence-electron chi connectivity index (χ4n) is 23.5. The molecule has 30 heteroatoms. The molecule has 19 rings (SSSR count). The van der Waals surface area contributed by atoms with Crippen molar-refractivity contribution in [2.75, 3.05) is 19.6 Å². The Morgan fingerprint density at radius 2 is 0.453 bits per heavy atom. The summed E-state index contributed by atoms with van der Waals surface area (Å²) in [4.78, 5) is 121. The maximum Gasteiger partial charge on any atom is 0 e. The molecule has 0 atom stereocenters. The molecule has 5 aliphatic heterocycles. The van der Waals surface area contributed by atoms with Crippen molar-refractivity contribution < 1.29 is 38.4 Å². The fourth-order valence-corrected chi connectivity index (χ4v) is 59.7. The molecule has 12 nitrogen and oxygen atoms in total. The number of nitrogens with zero attached hydrogens (tertiary/aromatic N) is 4. The largest absolute Gasteiger partial charge is 0 e. The van der Waals surface area contributed by atoms with Crippen LogP contribution in [0.3, 0.4) is 0 Å². The van der Waals surface area contributed by atoms with Crippen LogP contribution in [0.5, 0.6) is 0 Å². The molecule has 0 N–H and O–H groups in total. The normalized spacial score (nSPS) is 14.2. The van der Waals surface area contributed by atoms with E-state index in [0.29, 0.717) is 82.5 Å². The van der Waals surface area contributed by atoms with Crippen molar-refractivity contribution in [1.82, 2.24) is 0 Å². The molecule has 0 fully saturated rings. The van der Waals surface area contributed by atoms with Crippen LogP contribution in [0.2, 0.25) is 35.5 Å². The minimum absolute atomic E-state index is 0.0703. The van der Waals surface area contributed by atoms with Crippen molar-refractivity contribution >= 4 is 337 Å². The van der Waals surface area contributed by atoms with Gasteiger partial charge in [0.2, 0.25) is 0 Å². The minimum atomic E-state index is -3.79. The molecule has 0 unspecified atom stereocenters. The van der Waals surface area contributed by atoms with Gasteiger partial charge >= 0.3 is 536 Å². The van der Waals surface area contributed by atoms with Crippen LogP contribution < -0.4 is 26.8 Å². The van der Waals surface area contributed by atoms with Crippen molar-refractivity contribution in [2.24, 2.45) is 0 Å². The molecule has 14 aromatic rings. The van der Waals surface area contributed by atoms with Gasteiger partial charge in [0.1, 0.15) is 0 Å². The number of hydrogen-bond donors (Lipinski definition) is 0. The van der Waals surface area contributed by atoms with Crippen LogP contribution in [0.4, 0.5) is 22.7 Å². The van der Waals surface area contributed by atoms with Crippen LogP contribution in [0.1, 0.15) is 346 Å². The molecule has 18 radical (unpaired) electrons. The molecule has 5 aliphatic rings. The summed E-state index contributed by atoms with van der Waals surface area (Å²) < 4.78 is 15.5. The molecule has 0 spiro atoms. The zero-order valence-corrected chi connectivity index (χ0v) is 102. The van der Waals surface area contributed by atoms with E-state index in [1.54, 1.807) is 50.9 Å². The van der Waals surface area contributed by atoms with Crippen molar-refractivity contribution in [3.05, 3.63) is 247 Å². The van der Waals surface area contributed by atoms with Crippen molar-refractivity contribution in [3.8, 4) is 0 Å². The van der Waals surface area contributed by atoms with Crippen molar-refractivity contribution in [3.63, 3.8) is 0 Å². The molecule has 0 saturated carbocycles. The third-order valence-corrected chi connectivity index (χ3v) is 65.8. The van der Waals surface area contributed by atoms with E-state index in [4.69, 9.17) is 61.9 Å². The average Bonchev–Trinajstić information content (AvgIpc) is 1.48. The van der Waals surface area contributed by atoms with E-state index in [2.05, 4.69) is 167 Å². The van der Waals surface area contributed by atoms with Crippen molar-refractivity contribution in [1.29, 1.82) is 0 Å². The summed E-state index contributed by atoms with van der Waals surface area (Å²) in [5, 5.41) is 13.8. The zero-order valence-electron chi connectivity index (χ0n) is 92.2. The van der Waals surface area contributed by atoms with Crippen LogP contribution in [-0.2, 0) is 21.7 Å². The Bertz CT molecular complexity index is 7130. The third kappa shape index (κ3) is 22.5. The quantitative estimate of drug-likeness (QED) is 0.0171. The van der Waals surface area contributed by atoms with Gasteiger partial charge in [0.05, 0.1) is 16.9 Å². The van der Waals surface area contributed by atoms with Gasteiger partial charge in [0, 0.05) is 143 Å². The second kappa shape index (κ2) is 48.0. The predicted molar refractivity (Wildman–Crippen MR) is 663 cm³/mol. The average molecular weight is 2350 g/mol. The molecular weight excluding hydrogens is 2210 g/mol. The first-order valence-corrected chi connectivity index (χ1v) is 74.9. The number of imide groups is 4. The van der Waals surface area contributed by atoms with Gasteiger partial charge in [0.15, 0.2) is 0 Å². The van der Waals surface area contributed by atoms with Crippen LogP contribution in [0.25, 0.3) is 86.2 Å². The Hall–Kier alpha value is -7.97. The van der Waals surface area contributed by atoms with Gasteiger partial charge in [-0.05, 0) is 92.0 Å². The number of carbonyl (C=O) groups excluding carboxylic acids is 8. The molecule has 5 heterocycles. The molecule has 0 aliphatic carbocycles. The van der Waals surface area contributed by atoms with Gasteiger partial charge < -0.3 is 0 Å². The summed E-state index contributed by atoms with van der Waals surface area (Å²) in [6.07, 6.45) is 17.8. The minimum Gasteiger partial charge on any atom is 0 e. The standard InChI is InChI=1S/C44H33BrN2O4.C44H32N2O4.8C4H9.B14.3Sn/c1-43(2,3)22-7-11-24(12-8-22)46-39(48)29-18-15-26-27-16-19-31-36-32(42(51)47(41(31)50)25-13-9-23(10-14-25)44(4,5)6)21-33(45)37(38(27)36)28-17-20-30(40(46)49)35(29)34(26)28;1-43(2,3)23-7-11-25(12-8-23)45-39(47)31-19-15-27-29-17-21-33-38-34(42(50)46(41(33)49)26-13-9-24(10-14-26)44(4,5)6)22-18-30(36(29)38)28-16-20-32(40(45)48)37(31)35(27)28;8*1-3-4-2;1-9(2)13(10(3)4)14(11(5)6)12(7)8;;;/h7-21H,1-6H3;7-15,17,19-22H,1-6H3;8*1,3-4H2,2H3;;;;. The van der Waals surface area contributed by atoms with Gasteiger partial charge in [-0.25, -0.2) is 9.80 Å². The van der Waals surface area contributed by atoms with Crippen LogP contribution in [0.15, 0.2) is 180 Å². The first-order chi connectivity index (χ1) is 71.3. The zero-order chi connectivity index (χ0) is 109. The van der Waals surface area contributed by atoms with Gasteiger partial charge in [-0.3, -0.25) is 19.2 Å². The van der Waals surface area contributed by atoms with E-state index in [1.807, 2.05) is 140 Å². The van der Waals surface area contributed by atoms with Gasteiger partial charge in [-0.1, -0.05) is 99.9 Å². The number of unbranched alkanes of at least 4 members (excludes halogenated alkanes) is 8. The number of halogens is 1. The number of rotatable bonds is 33. The van der Waals surface area contributed by atoms with Gasteiger partial charge in [0.25, 0.3) is 23.6 Å². The smallest absolute Gasteiger partial charge is 0 e. The summed E-state index contributed by atoms with van der Waals surface area (Å²) in [5.74, 6) is -2.71. The maximum absolute atomic E-state index is 15.0. The topological polar surface area (TPSA) is 150 Å². The van der Waals surface area contributed by atoms with Crippen LogP contribution >= 0.6 is 15.9 Å². The van der Waals surface area contributed by atoms with Crippen molar-refractivity contribution in [2.45, 2.75) is 298 Å². The maximum atomic E-state index is 15.0. The summed E-state index contributed by atoms with van der Waals surface area (Å²) >= 11 is -1.66. The Labute approximate surface area is 931 Å². The number of benzene rings is 14. The molecular formula is C120H137B14BrN4O8Sn3. The Morgan fingerprint density at radius 3 is 0.680 bits per heavy atom. The number of fused-ring (bicyclic) bond motifs is 3. The Kier molecular flexibility index (Phi) is 37.1. The van der Waals surface area contributed by atoms with Gasteiger partial charge in [-0.15, -0.1) is 0 Å². The van der Waals surface area contributed by atoms with E-state index < -0.39 is 96.2 Å². The predicted octanol–water partition coefficient (Wildman–Crippen LogP) is 26.5. The van der Waals surface area contributed by atoms with Crippen LogP contribution in [-0.4, -0.2) is 205 Å². The second-order valence-corrected chi connectivity index (χ2v) is 76.7. The van der Waals surface area contributed by atoms with E-state index in [0.717, 1.165) is 132 Å². The molecule has 0 bridgehead atoms. The number of carbonyl (C=O) groups is 8. The molecule has 14 aromatic carbocycles. The first kappa shape index (κ1) is 116. The Morgan fingerprint density at radius 1 is 0.247 bits per heavy atom. The third-order valence-electron chi connectivity index (χ3n) is 32.0. The van der Waals surface area contributed by atoms with E-state index in [1.165, 1.54) is 104 Å². The summed E-state index contributed by atoms with van der Waals surface area (Å²) in [7, 11) is 44.1. The molecule has 0 aromatic heterocycles. The molecule has 150 heavy (non-hydrogen) atoms. The van der Waals surface area contributed by atoms with Crippen LogP contribution in [0, 0.1) is 0 Å². The molecule has 8 amide bonds. The monoisotopic (exact) mass is 2350 g/mol. The Balaban J connectivity index is 0.000000165. The molecule has 746 valence electrons. The fraction of sp³-hybridized carbons (Fsp3) is 0.400.